The number of hydrogen-bond acceptors (Lipinski definition) is 3. The molecule has 0 spiro atoms. The van der Waals surface area contributed by atoms with E-state index in [0.717, 1.165) is 55.3 Å². The fraction of sp³-hybridized carbons (Fsp3) is 0. The van der Waals surface area contributed by atoms with Gasteiger partial charge in [0.1, 0.15) is 16.9 Å². The Balaban J connectivity index is 1.42. The molecule has 0 unspecified atom stereocenters. The Kier molecular flexibility index (Phi) is 4.49. The summed E-state index contributed by atoms with van der Waals surface area (Å²) < 4.78 is 8.62. The van der Waals surface area contributed by atoms with Gasteiger partial charge in [0.2, 0.25) is 0 Å². The second kappa shape index (κ2) is 8.15. The van der Waals surface area contributed by atoms with Crippen LogP contribution in [0.3, 0.4) is 0 Å². The third kappa shape index (κ3) is 3.10. The highest BCUT2D eigenvalue weighted by atomic mass is 16.3. The molecule has 3 heterocycles. The maximum atomic E-state index is 6.39. The highest BCUT2D eigenvalue weighted by Crippen LogP contribution is 2.39. The number of hydrogen-bond donors (Lipinski definition) is 0. The Labute approximate surface area is 218 Å². The molecule has 0 bridgehead atoms. The lowest BCUT2D eigenvalue weighted by atomic mass is 10.0. The topological polar surface area (TPSA) is 43.9 Å². The Morgan fingerprint density at radius 2 is 1.13 bits per heavy atom. The highest BCUT2D eigenvalue weighted by molar-refractivity contribution is 6.17. The zero-order valence-electron chi connectivity index (χ0n) is 20.4. The molecular weight excluding hydrogens is 466 g/mol. The third-order valence-electron chi connectivity index (χ3n) is 7.23. The van der Waals surface area contributed by atoms with E-state index in [9.17, 15) is 0 Å². The van der Waals surface area contributed by atoms with E-state index in [2.05, 4.69) is 102 Å². The van der Waals surface area contributed by atoms with Crippen molar-refractivity contribution in [1.29, 1.82) is 0 Å². The van der Waals surface area contributed by atoms with Gasteiger partial charge in [-0.1, -0.05) is 91.0 Å². The quantitative estimate of drug-likeness (QED) is 0.250. The summed E-state index contributed by atoms with van der Waals surface area (Å²) in [6, 6.07) is 43.6. The fourth-order valence-corrected chi connectivity index (χ4v) is 5.44. The molecule has 0 fully saturated rings. The van der Waals surface area contributed by atoms with Gasteiger partial charge in [0, 0.05) is 21.7 Å². The summed E-state index contributed by atoms with van der Waals surface area (Å²) in [5, 5.41) is 3.12. The van der Waals surface area contributed by atoms with Crippen molar-refractivity contribution < 1.29 is 4.42 Å². The molecule has 0 radical (unpaired) electrons. The molecule has 178 valence electrons. The second-order valence-corrected chi connectivity index (χ2v) is 9.46. The second-order valence-electron chi connectivity index (χ2n) is 9.46. The normalized spacial score (nSPS) is 11.7. The molecule has 8 rings (SSSR count). The molecule has 0 aliphatic carbocycles. The molecule has 4 nitrogen and oxygen atoms in total. The number of aromatic nitrogens is 3. The minimum absolute atomic E-state index is 0.692. The van der Waals surface area contributed by atoms with Gasteiger partial charge in [-0.15, -0.1) is 0 Å². The fourth-order valence-electron chi connectivity index (χ4n) is 5.44. The van der Waals surface area contributed by atoms with Crippen LogP contribution in [-0.4, -0.2) is 14.5 Å². The summed E-state index contributed by atoms with van der Waals surface area (Å²) in [5.41, 5.74) is 8.05. The lowest BCUT2D eigenvalue weighted by Crippen LogP contribution is -2.02. The number of fused-ring (bicyclic) bond motifs is 6. The van der Waals surface area contributed by atoms with Crippen molar-refractivity contribution in [1.82, 2.24) is 14.5 Å². The third-order valence-corrected chi connectivity index (χ3v) is 7.23. The molecule has 0 atom stereocenters. The Hall–Kier alpha value is -5.22. The first-order chi connectivity index (χ1) is 18.8. The molecule has 38 heavy (non-hydrogen) atoms. The van der Waals surface area contributed by atoms with Crippen LogP contribution in [0.15, 0.2) is 132 Å². The minimum Gasteiger partial charge on any atom is -0.454 e. The number of para-hydroxylation sites is 3. The molecule has 0 amide bonds. The summed E-state index contributed by atoms with van der Waals surface area (Å²) >= 11 is 0. The van der Waals surface area contributed by atoms with Crippen LogP contribution in [0.1, 0.15) is 0 Å². The highest BCUT2D eigenvalue weighted by Gasteiger charge is 2.22. The smallest absolute Gasteiger partial charge is 0.162 e. The van der Waals surface area contributed by atoms with Crippen LogP contribution in [0.4, 0.5) is 0 Å². The molecule has 0 saturated carbocycles. The predicted molar refractivity (Wildman–Crippen MR) is 155 cm³/mol. The van der Waals surface area contributed by atoms with Gasteiger partial charge in [-0.2, -0.15) is 0 Å². The van der Waals surface area contributed by atoms with Crippen molar-refractivity contribution in [2.75, 3.05) is 0 Å². The van der Waals surface area contributed by atoms with Crippen LogP contribution in [0, 0.1) is 0 Å². The average molecular weight is 488 g/mol. The minimum atomic E-state index is 0.692. The van der Waals surface area contributed by atoms with Crippen LogP contribution >= 0.6 is 0 Å². The Morgan fingerprint density at radius 1 is 0.500 bits per heavy atom. The van der Waals surface area contributed by atoms with Crippen LogP contribution in [0.2, 0.25) is 0 Å². The van der Waals surface area contributed by atoms with Crippen molar-refractivity contribution in [3.8, 4) is 28.3 Å². The molecule has 3 aromatic heterocycles. The molecule has 8 aromatic rings. The molecular formula is C34H21N3O. The van der Waals surface area contributed by atoms with Crippen LogP contribution in [0.25, 0.3) is 72.2 Å². The van der Waals surface area contributed by atoms with E-state index in [1.807, 2.05) is 30.3 Å². The molecule has 0 saturated heterocycles. The maximum absolute atomic E-state index is 6.39. The first kappa shape index (κ1) is 20.9. The van der Waals surface area contributed by atoms with Crippen LogP contribution < -0.4 is 0 Å². The van der Waals surface area contributed by atoms with Gasteiger partial charge >= 0.3 is 0 Å². The van der Waals surface area contributed by atoms with E-state index in [1.54, 1.807) is 0 Å². The van der Waals surface area contributed by atoms with Crippen LogP contribution in [0.5, 0.6) is 0 Å². The largest absolute Gasteiger partial charge is 0.454 e. The van der Waals surface area contributed by atoms with Gasteiger partial charge in [-0.25, -0.2) is 9.97 Å². The summed E-state index contributed by atoms with van der Waals surface area (Å²) in [5.74, 6) is 1.53. The van der Waals surface area contributed by atoms with Crippen molar-refractivity contribution in [2.24, 2.45) is 0 Å². The average Bonchev–Trinajstić information content (AvgIpc) is 3.52. The van der Waals surface area contributed by atoms with Crippen molar-refractivity contribution >= 4 is 43.9 Å². The molecule has 0 aliphatic heterocycles. The van der Waals surface area contributed by atoms with E-state index in [-0.39, 0.29) is 0 Å². The van der Waals surface area contributed by atoms with E-state index in [4.69, 9.17) is 14.4 Å². The van der Waals surface area contributed by atoms with Gasteiger partial charge in [0.25, 0.3) is 0 Å². The van der Waals surface area contributed by atoms with Gasteiger partial charge in [-0.05, 0) is 47.5 Å². The predicted octanol–water partition coefficient (Wildman–Crippen LogP) is 8.81. The van der Waals surface area contributed by atoms with E-state index in [0.29, 0.717) is 5.82 Å². The number of furan rings is 1. The first-order valence-electron chi connectivity index (χ1n) is 12.7. The van der Waals surface area contributed by atoms with E-state index < -0.39 is 0 Å². The van der Waals surface area contributed by atoms with Crippen molar-refractivity contribution in [3.63, 3.8) is 0 Å². The molecule has 5 aromatic carbocycles. The molecule has 0 aliphatic rings. The van der Waals surface area contributed by atoms with Gasteiger partial charge < -0.3 is 4.42 Å². The Morgan fingerprint density at radius 3 is 1.97 bits per heavy atom. The van der Waals surface area contributed by atoms with Gasteiger partial charge in [-0.3, -0.25) is 4.57 Å². The van der Waals surface area contributed by atoms with Crippen LogP contribution in [-0.2, 0) is 0 Å². The van der Waals surface area contributed by atoms with E-state index in [1.165, 1.54) is 11.1 Å². The van der Waals surface area contributed by atoms with Gasteiger partial charge in [0.15, 0.2) is 11.4 Å². The lowest BCUT2D eigenvalue weighted by molar-refractivity contribution is 0.672. The summed E-state index contributed by atoms with van der Waals surface area (Å²) in [7, 11) is 0. The lowest BCUT2D eigenvalue weighted by Gasteiger charge is -2.12. The summed E-state index contributed by atoms with van der Waals surface area (Å²) in [6.07, 6.45) is 0. The van der Waals surface area contributed by atoms with Crippen molar-refractivity contribution in [3.05, 3.63) is 127 Å². The number of rotatable bonds is 3. The standard InChI is InChI=1S/C34H21N3O/c1-2-10-22(11-3-1)23-18-20-24(21-19-23)33-35-28-15-7-4-12-25(28)34(36-33)37-29-16-8-5-13-26(29)32-31(37)27-14-6-9-17-30(27)38-32/h1-21H. The zero-order chi connectivity index (χ0) is 25.1. The number of benzene rings is 5. The van der Waals surface area contributed by atoms with E-state index >= 15 is 0 Å². The summed E-state index contributed by atoms with van der Waals surface area (Å²) in [6.45, 7) is 0. The number of nitrogens with zero attached hydrogens (tertiary/aromatic N) is 3. The zero-order valence-corrected chi connectivity index (χ0v) is 20.4. The molecule has 4 heteroatoms. The van der Waals surface area contributed by atoms with Crippen molar-refractivity contribution in [2.45, 2.75) is 0 Å². The SMILES string of the molecule is c1ccc(-c2ccc(-c3nc(-n4c5ccccc5c5oc6ccccc6c54)c4ccccc4n3)cc2)cc1. The Bertz CT molecular complexity index is 2110. The van der Waals surface area contributed by atoms with Gasteiger partial charge in [0.05, 0.1) is 11.0 Å². The first-order valence-corrected chi connectivity index (χ1v) is 12.7. The summed E-state index contributed by atoms with van der Waals surface area (Å²) in [4.78, 5) is 10.2. The maximum Gasteiger partial charge on any atom is 0.162 e. The molecule has 0 N–H and O–H groups in total. The monoisotopic (exact) mass is 487 g/mol.